The molecule has 2 aliphatic carbocycles. The maximum Gasteiger partial charge on any atom is 0.352 e. The topological polar surface area (TPSA) is 127 Å². The first kappa shape index (κ1) is 13.0. The van der Waals surface area contributed by atoms with Crippen molar-refractivity contribution in [2.45, 2.75) is 25.3 Å². The van der Waals surface area contributed by atoms with Gasteiger partial charge in [-0.15, -0.1) is 0 Å². The van der Waals surface area contributed by atoms with E-state index < -0.39 is 4.92 Å². The summed E-state index contributed by atoms with van der Waals surface area (Å²) < 4.78 is 0. The molecule has 1 heterocycles. The van der Waals surface area contributed by atoms with Crippen molar-refractivity contribution in [3.05, 3.63) is 16.4 Å². The van der Waals surface area contributed by atoms with Crippen molar-refractivity contribution in [1.82, 2.24) is 9.97 Å². The Morgan fingerprint density at radius 3 is 3.00 bits per heavy atom. The van der Waals surface area contributed by atoms with Crippen molar-refractivity contribution >= 4 is 17.3 Å². The van der Waals surface area contributed by atoms with E-state index in [-0.39, 0.29) is 30.0 Å². The summed E-state index contributed by atoms with van der Waals surface area (Å²) in [6, 6.07) is 0.110. The van der Waals surface area contributed by atoms with Crippen LogP contribution in [-0.2, 0) is 0 Å². The molecule has 20 heavy (non-hydrogen) atoms. The molecule has 8 nitrogen and oxygen atoms in total. The molecule has 108 valence electrons. The van der Waals surface area contributed by atoms with Gasteiger partial charge in [-0.3, -0.25) is 10.1 Å². The van der Waals surface area contributed by atoms with E-state index in [1.165, 1.54) is 12.7 Å². The zero-order valence-corrected chi connectivity index (χ0v) is 10.9. The van der Waals surface area contributed by atoms with Gasteiger partial charge in [0.2, 0.25) is 11.6 Å². The standard InChI is InChI=1S/C12H17N5O3/c13-11-10(17(19)20)12(15-5-14-11)16-9-4-6-3-8(6)7(9)1-2-18/h5-9,18H,1-4H2,(H3,13,14,15,16)/t6-,7+,8+,9+/m1/s1. The second-order valence-electron chi connectivity index (χ2n) is 5.54. The highest BCUT2D eigenvalue weighted by molar-refractivity contribution is 5.67. The third kappa shape index (κ3) is 2.15. The highest BCUT2D eigenvalue weighted by Crippen LogP contribution is 2.57. The molecule has 4 atom stereocenters. The highest BCUT2D eigenvalue weighted by Gasteiger charge is 2.53. The first-order valence-corrected chi connectivity index (χ1v) is 6.74. The summed E-state index contributed by atoms with van der Waals surface area (Å²) in [6.45, 7) is 0.139. The van der Waals surface area contributed by atoms with E-state index in [1.807, 2.05) is 0 Å². The van der Waals surface area contributed by atoms with Gasteiger partial charge in [0.05, 0.1) is 4.92 Å². The van der Waals surface area contributed by atoms with Gasteiger partial charge in [-0.1, -0.05) is 0 Å². The average molecular weight is 279 g/mol. The first-order chi connectivity index (χ1) is 9.61. The smallest absolute Gasteiger partial charge is 0.352 e. The number of hydrogen-bond acceptors (Lipinski definition) is 7. The predicted molar refractivity (Wildman–Crippen MR) is 71.9 cm³/mol. The van der Waals surface area contributed by atoms with Crippen molar-refractivity contribution in [1.29, 1.82) is 0 Å². The van der Waals surface area contributed by atoms with E-state index in [0.717, 1.165) is 6.42 Å². The van der Waals surface area contributed by atoms with Crippen LogP contribution in [0.3, 0.4) is 0 Å². The number of aliphatic hydroxyl groups excluding tert-OH is 1. The van der Waals surface area contributed by atoms with Crippen molar-refractivity contribution in [3.8, 4) is 0 Å². The lowest BCUT2D eigenvalue weighted by molar-refractivity contribution is -0.383. The van der Waals surface area contributed by atoms with Gasteiger partial charge in [-0.25, -0.2) is 9.97 Å². The van der Waals surface area contributed by atoms with Gasteiger partial charge in [0.15, 0.2) is 0 Å². The third-order valence-electron chi connectivity index (χ3n) is 4.42. The lowest BCUT2D eigenvalue weighted by atomic mass is 9.95. The van der Waals surface area contributed by atoms with E-state index in [2.05, 4.69) is 15.3 Å². The molecular formula is C12H17N5O3. The van der Waals surface area contributed by atoms with Gasteiger partial charge in [-0.05, 0) is 37.0 Å². The van der Waals surface area contributed by atoms with E-state index in [9.17, 15) is 10.1 Å². The van der Waals surface area contributed by atoms with Crippen molar-refractivity contribution in [3.63, 3.8) is 0 Å². The van der Waals surface area contributed by atoms with Gasteiger partial charge >= 0.3 is 5.69 Å². The molecule has 1 aromatic heterocycles. The second kappa shape index (κ2) is 4.86. The number of fused-ring (bicyclic) bond motifs is 1. The summed E-state index contributed by atoms with van der Waals surface area (Å²) in [5.74, 6) is 1.71. The van der Waals surface area contributed by atoms with Crippen molar-refractivity contribution in [2.24, 2.45) is 17.8 Å². The highest BCUT2D eigenvalue weighted by atomic mass is 16.6. The molecule has 0 spiro atoms. The molecule has 8 heteroatoms. The Bertz CT molecular complexity index is 538. The predicted octanol–water partition coefficient (Wildman–Crippen LogP) is 0.786. The fraction of sp³-hybridized carbons (Fsp3) is 0.667. The van der Waals surface area contributed by atoms with Crippen LogP contribution < -0.4 is 11.1 Å². The molecule has 2 aliphatic rings. The number of nitrogens with one attached hydrogen (secondary N) is 1. The molecule has 0 radical (unpaired) electrons. The largest absolute Gasteiger partial charge is 0.396 e. The summed E-state index contributed by atoms with van der Waals surface area (Å²) >= 11 is 0. The average Bonchev–Trinajstić information content (AvgIpc) is 3.07. The summed E-state index contributed by atoms with van der Waals surface area (Å²) in [4.78, 5) is 18.1. The maximum atomic E-state index is 11.1. The number of hydrogen-bond donors (Lipinski definition) is 3. The van der Waals surface area contributed by atoms with E-state index in [1.54, 1.807) is 0 Å². The minimum absolute atomic E-state index is 0.110. The van der Waals surface area contributed by atoms with Gasteiger partial charge in [0.25, 0.3) is 0 Å². The summed E-state index contributed by atoms with van der Waals surface area (Å²) in [6.07, 6.45) is 4.11. The van der Waals surface area contributed by atoms with Gasteiger partial charge in [0.1, 0.15) is 6.33 Å². The normalized spacial score (nSPS) is 30.9. The number of nitro groups is 1. The Hall–Kier alpha value is -1.96. The first-order valence-electron chi connectivity index (χ1n) is 6.74. The number of aliphatic hydroxyl groups is 1. The Labute approximate surface area is 115 Å². The lowest BCUT2D eigenvalue weighted by Gasteiger charge is -2.23. The molecule has 0 aliphatic heterocycles. The molecule has 2 saturated carbocycles. The molecule has 0 aromatic carbocycles. The lowest BCUT2D eigenvalue weighted by Crippen LogP contribution is -2.28. The van der Waals surface area contributed by atoms with E-state index in [4.69, 9.17) is 10.8 Å². The van der Waals surface area contributed by atoms with Crippen LogP contribution in [0.5, 0.6) is 0 Å². The molecule has 0 saturated heterocycles. The molecule has 4 N–H and O–H groups in total. The number of nitrogen functional groups attached to an aromatic ring is 1. The van der Waals surface area contributed by atoms with Gasteiger partial charge in [0, 0.05) is 12.6 Å². The number of nitrogens with zero attached hydrogens (tertiary/aromatic N) is 3. The fourth-order valence-electron chi connectivity index (χ4n) is 3.45. The van der Waals surface area contributed by atoms with Crippen LogP contribution in [-0.4, -0.2) is 32.6 Å². The SMILES string of the molecule is Nc1ncnc(N[C@H]2C[C@H]3C[C@@H]3[C@@H]2CCO)c1[N+](=O)[O-]. The monoisotopic (exact) mass is 279 g/mol. The summed E-state index contributed by atoms with van der Waals surface area (Å²) in [7, 11) is 0. The minimum atomic E-state index is -0.561. The van der Waals surface area contributed by atoms with Crippen LogP contribution in [0.25, 0.3) is 0 Å². The number of rotatable bonds is 5. The molecule has 0 unspecified atom stereocenters. The van der Waals surface area contributed by atoms with Crippen LogP contribution in [0.4, 0.5) is 17.3 Å². The third-order valence-corrected chi connectivity index (χ3v) is 4.42. The van der Waals surface area contributed by atoms with Gasteiger partial charge < -0.3 is 16.2 Å². The fourth-order valence-corrected chi connectivity index (χ4v) is 3.45. The summed E-state index contributed by atoms with van der Waals surface area (Å²) in [5, 5.41) is 23.4. The molecule has 2 fully saturated rings. The zero-order chi connectivity index (χ0) is 14.3. The maximum absolute atomic E-state index is 11.1. The number of anilines is 2. The molecule has 0 bridgehead atoms. The molecule has 3 rings (SSSR count). The van der Waals surface area contributed by atoms with Crippen molar-refractivity contribution in [2.75, 3.05) is 17.7 Å². The van der Waals surface area contributed by atoms with Crippen LogP contribution in [0.2, 0.25) is 0 Å². The van der Waals surface area contributed by atoms with Crippen LogP contribution in [0, 0.1) is 27.9 Å². The number of nitrogens with two attached hydrogens (primary N) is 1. The number of aromatic nitrogens is 2. The van der Waals surface area contributed by atoms with Crippen LogP contribution in [0.1, 0.15) is 19.3 Å². The second-order valence-corrected chi connectivity index (χ2v) is 5.54. The van der Waals surface area contributed by atoms with Crippen LogP contribution in [0.15, 0.2) is 6.33 Å². The molecule has 1 aromatic rings. The Morgan fingerprint density at radius 1 is 1.50 bits per heavy atom. The quantitative estimate of drug-likeness (QED) is 0.537. The Morgan fingerprint density at radius 2 is 2.30 bits per heavy atom. The van der Waals surface area contributed by atoms with Gasteiger partial charge in [-0.2, -0.15) is 0 Å². The minimum Gasteiger partial charge on any atom is -0.396 e. The van der Waals surface area contributed by atoms with E-state index >= 15 is 0 Å². The molecular weight excluding hydrogens is 262 g/mol. The summed E-state index contributed by atoms with van der Waals surface area (Å²) in [5.41, 5.74) is 5.29. The Kier molecular flexibility index (Phi) is 3.17. The van der Waals surface area contributed by atoms with Crippen LogP contribution >= 0.6 is 0 Å². The zero-order valence-electron chi connectivity index (χ0n) is 10.9. The molecule has 0 amide bonds. The Balaban J connectivity index is 1.81. The van der Waals surface area contributed by atoms with E-state index in [0.29, 0.717) is 24.2 Å². The van der Waals surface area contributed by atoms with Crippen molar-refractivity contribution < 1.29 is 10.0 Å².